The van der Waals surface area contributed by atoms with Gasteiger partial charge in [0, 0.05) is 59.8 Å². The first-order valence-corrected chi connectivity index (χ1v) is 17.3. The van der Waals surface area contributed by atoms with E-state index in [1.165, 1.54) is 33.0 Å². The van der Waals surface area contributed by atoms with Crippen LogP contribution in [0.1, 0.15) is 97.6 Å². The number of Topliss-reactive ketones (excluding diaryl/α,β-unsaturated/α-hetero) is 1. The summed E-state index contributed by atoms with van der Waals surface area (Å²) in [4.78, 5) is 44.4. The van der Waals surface area contributed by atoms with E-state index >= 15 is 0 Å². The van der Waals surface area contributed by atoms with Crippen LogP contribution in [0, 0.1) is 23.2 Å². The van der Waals surface area contributed by atoms with Crippen LogP contribution in [-0.4, -0.2) is 61.9 Å². The number of aromatic hydroxyl groups is 1. The lowest BCUT2D eigenvalue weighted by atomic mass is 9.78. The number of aromatic nitrogens is 1. The Balaban J connectivity index is 1.15. The molecule has 5 rings (SSSR count). The summed E-state index contributed by atoms with van der Waals surface area (Å²) in [5.41, 5.74) is 3.52. The van der Waals surface area contributed by atoms with E-state index in [0.29, 0.717) is 42.9 Å². The summed E-state index contributed by atoms with van der Waals surface area (Å²) in [6.45, 7) is 16.6. The number of imide groups is 1. The van der Waals surface area contributed by atoms with Crippen LogP contribution >= 0.6 is 11.8 Å². The molecule has 1 aliphatic carbocycles. The molecule has 8 heteroatoms. The van der Waals surface area contributed by atoms with Gasteiger partial charge >= 0.3 is 0 Å². The number of H-pyrrole nitrogens is 1. The van der Waals surface area contributed by atoms with Crippen LogP contribution in [-0.2, 0) is 27.3 Å². The normalized spacial score (nSPS) is 23.4. The van der Waals surface area contributed by atoms with Crippen LogP contribution in [0.3, 0.4) is 0 Å². The van der Waals surface area contributed by atoms with Gasteiger partial charge in [0.15, 0.2) is 0 Å². The second kappa shape index (κ2) is 13.0. The monoisotopic (exact) mass is 621 g/mol. The third-order valence-corrected chi connectivity index (χ3v) is 10.6. The lowest BCUT2D eigenvalue weighted by Gasteiger charge is -2.30. The number of likely N-dealkylation sites (tertiary alicyclic amines) is 1. The number of ketones is 1. The minimum atomic E-state index is -0.215. The van der Waals surface area contributed by atoms with E-state index in [9.17, 15) is 19.5 Å². The van der Waals surface area contributed by atoms with E-state index in [4.69, 9.17) is 0 Å². The zero-order valence-electron chi connectivity index (χ0n) is 27.5. The van der Waals surface area contributed by atoms with Gasteiger partial charge in [-0.05, 0) is 86.4 Å². The molecule has 1 saturated heterocycles. The Morgan fingerprint density at radius 3 is 2.27 bits per heavy atom. The molecule has 1 atom stereocenters. The summed E-state index contributed by atoms with van der Waals surface area (Å²) in [5, 5.41) is 13.4. The zero-order chi connectivity index (χ0) is 31.8. The Hall–Kier alpha value is -2.58. The summed E-state index contributed by atoms with van der Waals surface area (Å²) < 4.78 is 0.0703. The molecule has 44 heavy (non-hydrogen) atoms. The highest BCUT2D eigenvalue weighted by Crippen LogP contribution is 2.42. The van der Waals surface area contributed by atoms with Crippen LogP contribution in [0.2, 0.25) is 0 Å². The molecule has 2 amide bonds. The van der Waals surface area contributed by atoms with Gasteiger partial charge < -0.3 is 10.1 Å². The second-order valence-corrected chi connectivity index (χ2v) is 17.4. The SMILES string of the molecule is CC(C)(C)Cc1c(SC(C)(C)C)[nH]c2c(CN3CC[C@@H](CCC(=O)C4CCC(CN5C(=O)C=CC5=O)CC4)C3)c(O)ccc12. The summed E-state index contributed by atoms with van der Waals surface area (Å²) >= 11 is 1.87. The largest absolute Gasteiger partial charge is 0.508 e. The highest BCUT2D eigenvalue weighted by atomic mass is 32.2. The van der Waals surface area contributed by atoms with Crippen LogP contribution in [0.15, 0.2) is 29.3 Å². The molecule has 0 unspecified atom stereocenters. The van der Waals surface area contributed by atoms with Crippen molar-refractivity contribution < 1.29 is 19.5 Å². The third kappa shape index (κ3) is 7.97. The Morgan fingerprint density at radius 2 is 1.64 bits per heavy atom. The average Bonchev–Trinajstić information content (AvgIpc) is 3.61. The standard InChI is InChI=1S/C36H51N3O4S/c1-35(2,3)19-27-26-12-14-30(41)28(33(26)37-34(27)44-36(4,5)6)22-38-18-17-24(20-38)9-13-29(40)25-10-7-23(8-11-25)21-39-31(42)15-16-32(39)43/h12,14-16,23-25,37,41H,7-11,13,17-22H2,1-6H3/t23?,24-,25?/m1/s1. The molecular weight excluding hydrogens is 570 g/mol. The summed E-state index contributed by atoms with van der Waals surface area (Å²) in [6.07, 6.45) is 9.78. The number of hydrogen-bond donors (Lipinski definition) is 2. The Kier molecular flexibility index (Phi) is 9.72. The van der Waals surface area contributed by atoms with Crippen molar-refractivity contribution in [2.75, 3.05) is 19.6 Å². The number of nitrogens with one attached hydrogen (secondary N) is 1. The van der Waals surface area contributed by atoms with E-state index in [2.05, 4.69) is 57.5 Å². The van der Waals surface area contributed by atoms with Crippen molar-refractivity contribution in [1.29, 1.82) is 0 Å². The highest BCUT2D eigenvalue weighted by Gasteiger charge is 2.32. The van der Waals surface area contributed by atoms with Crippen molar-refractivity contribution >= 4 is 40.3 Å². The van der Waals surface area contributed by atoms with Crippen molar-refractivity contribution in [2.24, 2.45) is 23.2 Å². The number of carbonyl (C=O) groups excluding carboxylic acids is 3. The molecule has 2 aromatic rings. The fraction of sp³-hybridized carbons (Fsp3) is 0.639. The summed E-state index contributed by atoms with van der Waals surface area (Å²) in [5.74, 6) is 1.18. The Labute approximate surface area is 267 Å². The first-order valence-electron chi connectivity index (χ1n) is 16.5. The van der Waals surface area contributed by atoms with Crippen molar-refractivity contribution in [3.8, 4) is 5.75 Å². The second-order valence-electron chi connectivity index (χ2n) is 15.6. The predicted octanol–water partition coefficient (Wildman–Crippen LogP) is 7.26. The van der Waals surface area contributed by atoms with E-state index in [0.717, 1.165) is 69.1 Å². The number of amides is 2. The molecule has 0 radical (unpaired) electrons. The molecule has 0 spiro atoms. The van der Waals surface area contributed by atoms with Crippen molar-refractivity contribution in [3.63, 3.8) is 0 Å². The van der Waals surface area contributed by atoms with Gasteiger partial charge in [-0.2, -0.15) is 0 Å². The van der Waals surface area contributed by atoms with Gasteiger partial charge in [-0.3, -0.25) is 24.2 Å². The fourth-order valence-corrected chi connectivity index (χ4v) is 8.27. The molecule has 1 aromatic heterocycles. The van der Waals surface area contributed by atoms with Gasteiger partial charge in [-0.15, -0.1) is 11.8 Å². The van der Waals surface area contributed by atoms with Crippen molar-refractivity contribution in [1.82, 2.24) is 14.8 Å². The van der Waals surface area contributed by atoms with E-state index in [1.807, 2.05) is 17.8 Å². The lowest BCUT2D eigenvalue weighted by molar-refractivity contribution is -0.138. The van der Waals surface area contributed by atoms with Crippen LogP contribution in [0.25, 0.3) is 10.9 Å². The molecular formula is C36H51N3O4S. The molecule has 3 aliphatic rings. The minimum Gasteiger partial charge on any atom is -0.508 e. The number of benzene rings is 1. The van der Waals surface area contributed by atoms with E-state index in [1.54, 1.807) is 0 Å². The Bertz CT molecular complexity index is 1400. The number of nitrogens with zero attached hydrogens (tertiary/aromatic N) is 2. The van der Waals surface area contributed by atoms with Crippen LogP contribution in [0.4, 0.5) is 0 Å². The maximum atomic E-state index is 13.1. The quantitative estimate of drug-likeness (QED) is 0.214. The van der Waals surface area contributed by atoms with Gasteiger partial charge in [0.1, 0.15) is 11.5 Å². The summed E-state index contributed by atoms with van der Waals surface area (Å²) in [7, 11) is 0. The lowest BCUT2D eigenvalue weighted by Crippen LogP contribution is -2.36. The number of phenolic OH excluding ortho intramolecular Hbond substituents is 1. The fourth-order valence-electron chi connectivity index (χ4n) is 7.20. The van der Waals surface area contributed by atoms with Gasteiger partial charge in [-0.25, -0.2) is 0 Å². The summed E-state index contributed by atoms with van der Waals surface area (Å²) in [6, 6.07) is 3.94. The van der Waals surface area contributed by atoms with E-state index in [-0.39, 0.29) is 27.9 Å². The zero-order valence-corrected chi connectivity index (χ0v) is 28.3. The smallest absolute Gasteiger partial charge is 0.253 e. The molecule has 1 saturated carbocycles. The van der Waals surface area contributed by atoms with Gasteiger partial charge in [-0.1, -0.05) is 41.5 Å². The van der Waals surface area contributed by atoms with Crippen molar-refractivity contribution in [3.05, 3.63) is 35.4 Å². The maximum absolute atomic E-state index is 13.1. The molecule has 7 nitrogen and oxygen atoms in total. The maximum Gasteiger partial charge on any atom is 0.253 e. The van der Waals surface area contributed by atoms with E-state index < -0.39 is 0 Å². The number of fused-ring (bicyclic) bond motifs is 1. The average molecular weight is 622 g/mol. The van der Waals surface area contributed by atoms with Gasteiger partial charge in [0.05, 0.1) is 10.5 Å². The molecule has 2 N–H and O–H groups in total. The number of phenols is 1. The number of thioether (sulfide) groups is 1. The molecule has 1 aromatic carbocycles. The first-order chi connectivity index (χ1) is 20.7. The molecule has 3 heterocycles. The Morgan fingerprint density at radius 1 is 0.955 bits per heavy atom. The topological polar surface area (TPSA) is 93.7 Å². The minimum absolute atomic E-state index is 0.0703. The van der Waals surface area contributed by atoms with Crippen LogP contribution < -0.4 is 0 Å². The molecule has 0 bridgehead atoms. The first kappa shape index (κ1) is 32.8. The van der Waals surface area contributed by atoms with Gasteiger partial charge in [0.25, 0.3) is 11.8 Å². The molecule has 2 fully saturated rings. The predicted molar refractivity (Wildman–Crippen MR) is 178 cm³/mol. The van der Waals surface area contributed by atoms with Crippen LogP contribution in [0.5, 0.6) is 5.75 Å². The molecule has 2 aliphatic heterocycles. The number of hydrogen-bond acceptors (Lipinski definition) is 6. The van der Waals surface area contributed by atoms with Crippen molar-refractivity contribution in [2.45, 2.75) is 109 Å². The number of rotatable bonds is 10. The highest BCUT2D eigenvalue weighted by molar-refractivity contribution is 8.00. The van der Waals surface area contributed by atoms with Gasteiger partial charge in [0.2, 0.25) is 0 Å². The third-order valence-electron chi connectivity index (χ3n) is 9.44. The number of aromatic amines is 1. The molecule has 240 valence electrons. The number of carbonyl (C=O) groups is 3.